The van der Waals surface area contributed by atoms with Gasteiger partial charge < -0.3 is 14.6 Å². The van der Waals surface area contributed by atoms with Gasteiger partial charge in [0, 0.05) is 13.5 Å². The van der Waals surface area contributed by atoms with Crippen molar-refractivity contribution in [3.63, 3.8) is 0 Å². The van der Waals surface area contributed by atoms with Crippen molar-refractivity contribution in [2.45, 2.75) is 32.9 Å². The molecule has 136 valence electrons. The van der Waals surface area contributed by atoms with Crippen LogP contribution >= 0.6 is 11.6 Å². The number of para-hydroxylation sites is 3. The minimum Gasteiger partial charge on any atom is -0.492 e. The number of nitrogens with zero attached hydrogens (tertiary/aromatic N) is 2. The Morgan fingerprint density at radius 3 is 2.73 bits per heavy atom. The number of hydrogen-bond acceptors (Lipinski definition) is 3. The number of imidazole rings is 1. The van der Waals surface area contributed by atoms with E-state index >= 15 is 0 Å². The van der Waals surface area contributed by atoms with Gasteiger partial charge in [0.15, 0.2) is 0 Å². The van der Waals surface area contributed by atoms with Crippen molar-refractivity contribution in [1.82, 2.24) is 14.9 Å². The van der Waals surface area contributed by atoms with E-state index in [9.17, 15) is 4.79 Å². The Bertz CT molecular complexity index is 907. The lowest BCUT2D eigenvalue weighted by Crippen LogP contribution is -2.26. The molecule has 1 N–H and O–H groups in total. The monoisotopic (exact) mass is 371 g/mol. The summed E-state index contributed by atoms with van der Waals surface area (Å²) in [6.07, 6.45) is 0.797. The van der Waals surface area contributed by atoms with Crippen LogP contribution in [0.4, 0.5) is 0 Å². The number of rotatable bonds is 7. The first-order chi connectivity index (χ1) is 12.6. The van der Waals surface area contributed by atoms with E-state index in [1.54, 1.807) is 0 Å². The molecule has 3 aromatic rings. The number of hydrogen-bond donors (Lipinski definition) is 1. The first-order valence-electron chi connectivity index (χ1n) is 8.66. The summed E-state index contributed by atoms with van der Waals surface area (Å²) < 4.78 is 7.92. The van der Waals surface area contributed by atoms with E-state index in [-0.39, 0.29) is 11.9 Å². The highest BCUT2D eigenvalue weighted by Gasteiger charge is 2.17. The van der Waals surface area contributed by atoms with E-state index in [1.165, 1.54) is 6.92 Å². The van der Waals surface area contributed by atoms with Gasteiger partial charge >= 0.3 is 0 Å². The first kappa shape index (κ1) is 18.3. The summed E-state index contributed by atoms with van der Waals surface area (Å²) >= 11 is 6.12. The zero-order chi connectivity index (χ0) is 18.5. The Balaban J connectivity index is 1.73. The van der Waals surface area contributed by atoms with Gasteiger partial charge in [-0.1, -0.05) is 35.9 Å². The summed E-state index contributed by atoms with van der Waals surface area (Å²) in [5, 5.41) is 3.52. The maximum absolute atomic E-state index is 11.4. The lowest BCUT2D eigenvalue weighted by atomic mass is 10.3. The second-order valence-electron chi connectivity index (χ2n) is 6.17. The second kappa shape index (κ2) is 8.23. The lowest BCUT2D eigenvalue weighted by molar-refractivity contribution is -0.119. The molecular formula is C20H22ClN3O2. The Hall–Kier alpha value is -2.53. The zero-order valence-electron chi connectivity index (χ0n) is 14.9. The quantitative estimate of drug-likeness (QED) is 0.628. The molecule has 0 fully saturated rings. The number of nitrogens with one attached hydrogen (secondary N) is 1. The van der Waals surface area contributed by atoms with Crippen molar-refractivity contribution in [2.24, 2.45) is 0 Å². The van der Waals surface area contributed by atoms with Gasteiger partial charge in [-0.2, -0.15) is 0 Å². The van der Waals surface area contributed by atoms with Crippen LogP contribution in [0.25, 0.3) is 11.0 Å². The zero-order valence-corrected chi connectivity index (χ0v) is 15.7. The van der Waals surface area contributed by atoms with Gasteiger partial charge in [-0.3, -0.25) is 4.79 Å². The predicted molar refractivity (Wildman–Crippen MR) is 104 cm³/mol. The van der Waals surface area contributed by atoms with Gasteiger partial charge in [0.25, 0.3) is 0 Å². The molecule has 0 saturated carbocycles. The molecule has 1 aromatic heterocycles. The Morgan fingerprint density at radius 2 is 1.96 bits per heavy atom. The Kier molecular flexibility index (Phi) is 5.78. The molecular weight excluding hydrogens is 350 g/mol. The van der Waals surface area contributed by atoms with Crippen LogP contribution < -0.4 is 10.1 Å². The maximum atomic E-state index is 11.4. The van der Waals surface area contributed by atoms with Gasteiger partial charge in [-0.05, 0) is 37.6 Å². The van der Waals surface area contributed by atoms with E-state index in [0.717, 1.165) is 29.8 Å². The van der Waals surface area contributed by atoms with Crippen LogP contribution in [0.3, 0.4) is 0 Å². The molecule has 0 saturated heterocycles. The van der Waals surface area contributed by atoms with E-state index < -0.39 is 0 Å². The summed E-state index contributed by atoms with van der Waals surface area (Å²) in [7, 11) is 0. The second-order valence-corrected chi connectivity index (χ2v) is 6.57. The van der Waals surface area contributed by atoms with Gasteiger partial charge in [0.2, 0.25) is 5.91 Å². The number of ether oxygens (including phenoxy) is 1. The van der Waals surface area contributed by atoms with Crippen molar-refractivity contribution >= 4 is 28.5 Å². The number of benzene rings is 2. The molecule has 2 aromatic carbocycles. The fourth-order valence-corrected chi connectivity index (χ4v) is 3.19. The first-order valence-corrected chi connectivity index (χ1v) is 9.03. The fraction of sp³-hybridized carbons (Fsp3) is 0.300. The minimum atomic E-state index is -0.163. The highest BCUT2D eigenvalue weighted by Crippen LogP contribution is 2.24. The molecule has 26 heavy (non-hydrogen) atoms. The van der Waals surface area contributed by atoms with Crippen LogP contribution in [-0.4, -0.2) is 22.1 Å². The average Bonchev–Trinajstić information content (AvgIpc) is 2.98. The van der Waals surface area contributed by atoms with Crippen LogP contribution in [0.5, 0.6) is 5.75 Å². The van der Waals surface area contributed by atoms with Crippen LogP contribution in [0, 0.1) is 0 Å². The Labute approximate surface area is 157 Å². The summed E-state index contributed by atoms with van der Waals surface area (Å²) in [5.74, 6) is 1.47. The van der Waals surface area contributed by atoms with Crippen LogP contribution in [0.15, 0.2) is 48.5 Å². The average molecular weight is 372 g/mol. The third kappa shape index (κ3) is 4.17. The standard InChI is InChI=1S/C20H22ClN3O2/c1-14(22-15(2)25)20-23-17-9-4-5-10-18(17)24(20)12-7-13-26-19-11-6-3-8-16(19)21/h3-6,8-11,14H,7,12-13H2,1-2H3,(H,22,25). The molecule has 1 amide bonds. The number of carbonyl (C=O) groups is 1. The Morgan fingerprint density at radius 1 is 1.23 bits per heavy atom. The van der Waals surface area contributed by atoms with E-state index in [4.69, 9.17) is 21.3 Å². The molecule has 1 heterocycles. The minimum absolute atomic E-state index is 0.0711. The smallest absolute Gasteiger partial charge is 0.217 e. The maximum Gasteiger partial charge on any atom is 0.217 e. The molecule has 3 rings (SSSR count). The molecule has 0 bridgehead atoms. The van der Waals surface area contributed by atoms with E-state index in [1.807, 2.05) is 55.5 Å². The summed E-state index contributed by atoms with van der Waals surface area (Å²) in [5.41, 5.74) is 1.98. The lowest BCUT2D eigenvalue weighted by Gasteiger charge is -2.16. The fourth-order valence-electron chi connectivity index (χ4n) is 3.00. The highest BCUT2D eigenvalue weighted by molar-refractivity contribution is 6.32. The molecule has 1 unspecified atom stereocenters. The SMILES string of the molecule is CC(=O)NC(C)c1nc2ccccc2n1CCCOc1ccccc1Cl. The van der Waals surface area contributed by atoms with Crippen LogP contribution in [0.1, 0.15) is 32.1 Å². The summed E-state index contributed by atoms with van der Waals surface area (Å²) in [6, 6.07) is 15.3. The van der Waals surface area contributed by atoms with Crippen LogP contribution in [0.2, 0.25) is 5.02 Å². The van der Waals surface area contributed by atoms with Crippen LogP contribution in [-0.2, 0) is 11.3 Å². The number of carbonyl (C=O) groups excluding carboxylic acids is 1. The normalized spacial score (nSPS) is 12.1. The van der Waals surface area contributed by atoms with Crippen molar-refractivity contribution in [3.8, 4) is 5.75 Å². The van der Waals surface area contributed by atoms with Crippen molar-refractivity contribution in [2.75, 3.05) is 6.61 Å². The van der Waals surface area contributed by atoms with Gasteiger partial charge in [-0.15, -0.1) is 0 Å². The third-order valence-electron chi connectivity index (χ3n) is 4.11. The van der Waals surface area contributed by atoms with E-state index in [2.05, 4.69) is 9.88 Å². The number of aryl methyl sites for hydroxylation is 1. The van der Waals surface area contributed by atoms with E-state index in [0.29, 0.717) is 17.4 Å². The summed E-state index contributed by atoms with van der Waals surface area (Å²) in [4.78, 5) is 16.1. The highest BCUT2D eigenvalue weighted by atomic mass is 35.5. The topological polar surface area (TPSA) is 56.2 Å². The third-order valence-corrected chi connectivity index (χ3v) is 4.42. The molecule has 0 aliphatic rings. The number of fused-ring (bicyclic) bond motifs is 1. The molecule has 5 nitrogen and oxygen atoms in total. The predicted octanol–water partition coefficient (Wildman–Crippen LogP) is 4.36. The van der Waals surface area contributed by atoms with Crippen molar-refractivity contribution < 1.29 is 9.53 Å². The molecule has 0 radical (unpaired) electrons. The molecule has 6 heteroatoms. The largest absolute Gasteiger partial charge is 0.492 e. The number of halogens is 1. The summed E-state index contributed by atoms with van der Waals surface area (Å²) in [6.45, 7) is 4.74. The van der Waals surface area contributed by atoms with Gasteiger partial charge in [0.1, 0.15) is 11.6 Å². The van der Waals surface area contributed by atoms with Gasteiger partial charge in [0.05, 0.1) is 28.7 Å². The molecule has 0 aliphatic heterocycles. The number of amides is 1. The molecule has 0 aliphatic carbocycles. The number of aromatic nitrogens is 2. The molecule has 0 spiro atoms. The molecule has 1 atom stereocenters. The van der Waals surface area contributed by atoms with Gasteiger partial charge in [-0.25, -0.2) is 4.98 Å². The van der Waals surface area contributed by atoms with Crippen molar-refractivity contribution in [3.05, 3.63) is 59.4 Å². The van der Waals surface area contributed by atoms with Crippen molar-refractivity contribution in [1.29, 1.82) is 0 Å².